The van der Waals surface area contributed by atoms with Gasteiger partial charge in [-0.1, -0.05) is 22.0 Å². The molecule has 0 unspecified atom stereocenters. The van der Waals surface area contributed by atoms with Crippen molar-refractivity contribution in [2.24, 2.45) is 0 Å². The molecule has 1 aromatic rings. The van der Waals surface area contributed by atoms with Crippen LogP contribution in [0.15, 0.2) is 28.7 Å². The van der Waals surface area contributed by atoms with Crippen molar-refractivity contribution < 1.29 is 19.1 Å². The lowest BCUT2D eigenvalue weighted by Crippen LogP contribution is -2.30. The molecule has 20 heavy (non-hydrogen) atoms. The van der Waals surface area contributed by atoms with Crippen LogP contribution >= 0.6 is 15.9 Å². The lowest BCUT2D eigenvalue weighted by Gasteiger charge is -2.07. The summed E-state index contributed by atoms with van der Waals surface area (Å²) in [5.41, 5.74) is 0. The molecule has 0 aliphatic rings. The molecule has 0 radical (unpaired) electrons. The molecule has 110 valence electrons. The highest BCUT2D eigenvalue weighted by Crippen LogP contribution is 2.17. The van der Waals surface area contributed by atoms with Gasteiger partial charge in [0.1, 0.15) is 5.75 Å². The van der Waals surface area contributed by atoms with Gasteiger partial charge in [0.25, 0.3) is 5.91 Å². The second kappa shape index (κ2) is 9.36. The third kappa shape index (κ3) is 7.13. The van der Waals surface area contributed by atoms with E-state index >= 15 is 0 Å². The third-order valence-corrected chi connectivity index (χ3v) is 2.84. The maximum Gasteiger partial charge on any atom is 0.305 e. The number of nitrogens with one attached hydrogen (secondary N) is 1. The largest absolute Gasteiger partial charge is 0.484 e. The van der Waals surface area contributed by atoms with Crippen LogP contribution in [0.2, 0.25) is 0 Å². The minimum absolute atomic E-state index is 0.0458. The molecule has 0 saturated heterocycles. The van der Waals surface area contributed by atoms with Crippen LogP contribution in [0.25, 0.3) is 0 Å². The van der Waals surface area contributed by atoms with Gasteiger partial charge in [-0.15, -0.1) is 0 Å². The number of benzene rings is 1. The first-order valence-corrected chi connectivity index (χ1v) is 7.21. The van der Waals surface area contributed by atoms with Crippen LogP contribution in [-0.4, -0.2) is 31.6 Å². The molecule has 6 heteroatoms. The zero-order valence-electron chi connectivity index (χ0n) is 11.4. The molecule has 0 spiro atoms. The molecule has 1 aromatic carbocycles. The number of hydrogen-bond donors (Lipinski definition) is 1. The van der Waals surface area contributed by atoms with E-state index in [-0.39, 0.29) is 18.5 Å². The molecule has 0 fully saturated rings. The Hall–Kier alpha value is -1.56. The van der Waals surface area contributed by atoms with Crippen molar-refractivity contribution in [3.05, 3.63) is 28.7 Å². The summed E-state index contributed by atoms with van der Waals surface area (Å²) in [5.74, 6) is 0.169. The fraction of sp³-hybridized carbons (Fsp3) is 0.429. The van der Waals surface area contributed by atoms with Gasteiger partial charge in [-0.05, 0) is 31.5 Å². The van der Waals surface area contributed by atoms with E-state index in [0.29, 0.717) is 31.7 Å². The Morgan fingerprint density at radius 2 is 2.15 bits per heavy atom. The second-order valence-corrected chi connectivity index (χ2v) is 4.92. The Bertz CT molecular complexity index is 451. The van der Waals surface area contributed by atoms with Crippen molar-refractivity contribution in [3.63, 3.8) is 0 Å². The highest BCUT2D eigenvalue weighted by Gasteiger charge is 2.04. The van der Waals surface area contributed by atoms with Gasteiger partial charge in [0.05, 0.1) is 6.61 Å². The van der Waals surface area contributed by atoms with Gasteiger partial charge >= 0.3 is 5.97 Å². The predicted molar refractivity (Wildman–Crippen MR) is 78.5 cm³/mol. The van der Waals surface area contributed by atoms with E-state index in [0.717, 1.165) is 4.47 Å². The van der Waals surface area contributed by atoms with Crippen LogP contribution in [0.3, 0.4) is 0 Å². The Labute approximate surface area is 126 Å². The molecular weight excluding hydrogens is 326 g/mol. The molecule has 0 bridgehead atoms. The first kappa shape index (κ1) is 16.5. The van der Waals surface area contributed by atoms with Gasteiger partial charge < -0.3 is 14.8 Å². The molecule has 0 atom stereocenters. The Morgan fingerprint density at radius 3 is 2.85 bits per heavy atom. The first-order chi connectivity index (χ1) is 9.61. The van der Waals surface area contributed by atoms with E-state index in [2.05, 4.69) is 21.2 Å². The Kier molecular flexibility index (Phi) is 7.72. The quantitative estimate of drug-likeness (QED) is 0.581. The number of carbonyl (C=O) groups excluding carboxylic acids is 2. The van der Waals surface area contributed by atoms with Gasteiger partial charge in [0.2, 0.25) is 0 Å². The van der Waals surface area contributed by atoms with Crippen molar-refractivity contribution >= 4 is 27.8 Å². The molecular formula is C14H18BrNO4. The minimum atomic E-state index is -0.243. The number of esters is 1. The molecule has 0 heterocycles. The number of halogens is 1. The summed E-state index contributed by atoms with van der Waals surface area (Å²) in [6.45, 7) is 2.53. The van der Waals surface area contributed by atoms with E-state index in [1.54, 1.807) is 19.1 Å². The van der Waals surface area contributed by atoms with Gasteiger partial charge in [-0.2, -0.15) is 0 Å². The molecule has 1 amide bonds. The fourth-order valence-corrected chi connectivity index (χ4v) is 1.83. The summed E-state index contributed by atoms with van der Waals surface area (Å²) in [6, 6.07) is 7.27. The molecule has 5 nitrogen and oxygen atoms in total. The van der Waals surface area contributed by atoms with Gasteiger partial charge in [-0.3, -0.25) is 9.59 Å². The van der Waals surface area contributed by atoms with Gasteiger partial charge in [-0.25, -0.2) is 0 Å². The van der Waals surface area contributed by atoms with E-state index in [1.807, 2.05) is 12.1 Å². The number of rotatable bonds is 8. The smallest absolute Gasteiger partial charge is 0.305 e. The lowest BCUT2D eigenvalue weighted by molar-refractivity contribution is -0.143. The van der Waals surface area contributed by atoms with Gasteiger partial charge in [0.15, 0.2) is 6.61 Å². The molecule has 0 aromatic heterocycles. The van der Waals surface area contributed by atoms with Crippen molar-refractivity contribution in [1.29, 1.82) is 0 Å². The summed E-state index contributed by atoms with van der Waals surface area (Å²) < 4.78 is 11.0. The number of ether oxygens (including phenoxy) is 2. The lowest BCUT2D eigenvalue weighted by atomic mass is 10.3. The van der Waals surface area contributed by atoms with Crippen LogP contribution in [0.1, 0.15) is 19.8 Å². The molecule has 0 saturated carbocycles. The zero-order valence-corrected chi connectivity index (χ0v) is 12.9. The van der Waals surface area contributed by atoms with Crippen LogP contribution < -0.4 is 10.1 Å². The summed E-state index contributed by atoms with van der Waals surface area (Å²) in [6.07, 6.45) is 0.863. The standard InChI is InChI=1S/C14H18BrNO4/c1-2-19-14(18)7-4-8-16-13(17)10-20-12-6-3-5-11(15)9-12/h3,5-6,9H,2,4,7-8,10H2,1H3,(H,16,17). The molecule has 0 aliphatic carbocycles. The van der Waals surface area contributed by atoms with Crippen molar-refractivity contribution in [3.8, 4) is 5.75 Å². The fourth-order valence-electron chi connectivity index (χ4n) is 1.45. The van der Waals surface area contributed by atoms with E-state index in [4.69, 9.17) is 9.47 Å². The summed E-state index contributed by atoms with van der Waals surface area (Å²) in [4.78, 5) is 22.6. The molecule has 1 N–H and O–H groups in total. The summed E-state index contributed by atoms with van der Waals surface area (Å²) in [7, 11) is 0. The van der Waals surface area contributed by atoms with Crippen molar-refractivity contribution in [1.82, 2.24) is 5.32 Å². The number of hydrogen-bond acceptors (Lipinski definition) is 4. The highest BCUT2D eigenvalue weighted by molar-refractivity contribution is 9.10. The van der Waals surface area contributed by atoms with Crippen molar-refractivity contribution in [2.75, 3.05) is 19.8 Å². The van der Waals surface area contributed by atoms with E-state index < -0.39 is 0 Å². The van der Waals surface area contributed by atoms with E-state index in [1.165, 1.54) is 0 Å². The summed E-state index contributed by atoms with van der Waals surface area (Å²) >= 11 is 3.32. The maximum atomic E-state index is 11.5. The Balaban J connectivity index is 2.13. The normalized spacial score (nSPS) is 9.90. The summed E-state index contributed by atoms with van der Waals surface area (Å²) in [5, 5.41) is 2.68. The average Bonchev–Trinajstić information content (AvgIpc) is 2.42. The topological polar surface area (TPSA) is 64.6 Å². The first-order valence-electron chi connectivity index (χ1n) is 6.42. The van der Waals surface area contributed by atoms with Crippen LogP contribution in [0.4, 0.5) is 0 Å². The number of amides is 1. The Morgan fingerprint density at radius 1 is 1.35 bits per heavy atom. The van der Waals surface area contributed by atoms with E-state index in [9.17, 15) is 9.59 Å². The van der Waals surface area contributed by atoms with Crippen molar-refractivity contribution in [2.45, 2.75) is 19.8 Å². The van der Waals surface area contributed by atoms with Crippen LogP contribution in [0, 0.1) is 0 Å². The SMILES string of the molecule is CCOC(=O)CCCNC(=O)COc1cccc(Br)c1. The maximum absolute atomic E-state index is 11.5. The monoisotopic (exact) mass is 343 g/mol. The highest BCUT2D eigenvalue weighted by atomic mass is 79.9. The minimum Gasteiger partial charge on any atom is -0.484 e. The van der Waals surface area contributed by atoms with Gasteiger partial charge in [0, 0.05) is 17.4 Å². The average molecular weight is 344 g/mol. The second-order valence-electron chi connectivity index (χ2n) is 4.00. The zero-order chi connectivity index (χ0) is 14.8. The molecule has 0 aliphatic heterocycles. The number of carbonyl (C=O) groups is 2. The predicted octanol–water partition coefficient (Wildman–Crippen LogP) is 2.29. The van der Waals surface area contributed by atoms with Crippen LogP contribution in [0.5, 0.6) is 5.75 Å². The third-order valence-electron chi connectivity index (χ3n) is 2.35. The molecule has 1 rings (SSSR count). The van der Waals surface area contributed by atoms with Crippen LogP contribution in [-0.2, 0) is 14.3 Å².